The first-order valence-electron chi connectivity index (χ1n) is 6.86. The number of hydrogen-bond donors (Lipinski definition) is 1. The molecule has 19 heavy (non-hydrogen) atoms. The molecular weight excluding hydrogens is 236 g/mol. The number of anilines is 1. The maximum Gasteiger partial charge on any atom is 0.101 e. The smallest absolute Gasteiger partial charge is 0.101 e. The van der Waals surface area contributed by atoms with Gasteiger partial charge in [-0.2, -0.15) is 5.26 Å². The lowest BCUT2D eigenvalue weighted by Crippen LogP contribution is -2.31. The predicted molar refractivity (Wildman–Crippen MR) is 79.0 cm³/mol. The summed E-state index contributed by atoms with van der Waals surface area (Å²) in [6.07, 6.45) is 0. The molecule has 1 N–H and O–H groups in total. The molecule has 1 aromatic rings. The van der Waals surface area contributed by atoms with Crippen LogP contribution >= 0.6 is 0 Å². The molecule has 0 aliphatic carbocycles. The Labute approximate surface area is 116 Å². The van der Waals surface area contributed by atoms with Crippen LogP contribution in [0.1, 0.15) is 38.8 Å². The van der Waals surface area contributed by atoms with E-state index in [-0.39, 0.29) is 6.61 Å². The van der Waals surface area contributed by atoms with Crippen molar-refractivity contribution in [1.82, 2.24) is 0 Å². The highest BCUT2D eigenvalue weighted by Gasteiger charge is 2.14. The van der Waals surface area contributed by atoms with E-state index >= 15 is 0 Å². The highest BCUT2D eigenvalue weighted by Crippen LogP contribution is 2.23. The number of benzene rings is 1. The van der Waals surface area contributed by atoms with Crippen LogP contribution in [-0.4, -0.2) is 18.2 Å². The van der Waals surface area contributed by atoms with Crippen LogP contribution in [0.2, 0.25) is 0 Å². The Morgan fingerprint density at radius 3 is 2.16 bits per heavy atom. The van der Waals surface area contributed by atoms with Gasteiger partial charge in [-0.25, -0.2) is 0 Å². The zero-order valence-corrected chi connectivity index (χ0v) is 12.3. The summed E-state index contributed by atoms with van der Waals surface area (Å²) in [6, 6.07) is 7.87. The van der Waals surface area contributed by atoms with Crippen molar-refractivity contribution in [2.24, 2.45) is 11.8 Å². The van der Waals surface area contributed by atoms with Gasteiger partial charge in [0.2, 0.25) is 0 Å². The van der Waals surface area contributed by atoms with Crippen molar-refractivity contribution in [3.63, 3.8) is 0 Å². The van der Waals surface area contributed by atoms with E-state index in [1.807, 2.05) is 12.1 Å². The summed E-state index contributed by atoms with van der Waals surface area (Å²) in [6.45, 7) is 10.6. The first-order chi connectivity index (χ1) is 8.97. The van der Waals surface area contributed by atoms with Gasteiger partial charge in [0.1, 0.15) is 6.07 Å². The van der Waals surface area contributed by atoms with Crippen molar-refractivity contribution >= 4 is 5.69 Å². The zero-order chi connectivity index (χ0) is 14.4. The standard InChI is InChI=1S/C16H24N2O/c1-12(2)9-18(10-13(3)4)16-6-5-14(11-19)7-15(16)8-17/h5-7,12-13,19H,9-11H2,1-4H3. The quantitative estimate of drug-likeness (QED) is 0.854. The normalized spacial score (nSPS) is 10.8. The molecule has 0 radical (unpaired) electrons. The van der Waals surface area contributed by atoms with Gasteiger partial charge in [-0.3, -0.25) is 0 Å². The lowest BCUT2D eigenvalue weighted by molar-refractivity contribution is 0.282. The van der Waals surface area contributed by atoms with Crippen molar-refractivity contribution < 1.29 is 5.11 Å². The van der Waals surface area contributed by atoms with E-state index in [2.05, 4.69) is 38.7 Å². The largest absolute Gasteiger partial charge is 0.392 e. The summed E-state index contributed by atoms with van der Waals surface area (Å²) in [5.74, 6) is 1.09. The molecule has 0 saturated carbocycles. The first-order valence-corrected chi connectivity index (χ1v) is 6.86. The molecule has 0 aromatic heterocycles. The third-order valence-corrected chi connectivity index (χ3v) is 2.88. The van der Waals surface area contributed by atoms with Gasteiger partial charge in [0, 0.05) is 13.1 Å². The lowest BCUT2D eigenvalue weighted by Gasteiger charge is -2.29. The second-order valence-electron chi connectivity index (χ2n) is 5.81. The number of aliphatic hydroxyl groups is 1. The fourth-order valence-corrected chi connectivity index (χ4v) is 2.20. The topological polar surface area (TPSA) is 47.3 Å². The van der Waals surface area contributed by atoms with Crippen molar-refractivity contribution in [3.05, 3.63) is 29.3 Å². The van der Waals surface area contributed by atoms with E-state index in [1.165, 1.54) is 0 Å². The SMILES string of the molecule is CC(C)CN(CC(C)C)c1ccc(CO)cc1C#N. The molecule has 0 atom stereocenters. The average Bonchev–Trinajstić information content (AvgIpc) is 2.36. The number of aliphatic hydroxyl groups excluding tert-OH is 1. The molecule has 3 nitrogen and oxygen atoms in total. The molecule has 1 rings (SSSR count). The van der Waals surface area contributed by atoms with E-state index in [1.54, 1.807) is 6.07 Å². The van der Waals surface area contributed by atoms with Crippen LogP contribution < -0.4 is 4.90 Å². The van der Waals surface area contributed by atoms with E-state index in [0.29, 0.717) is 17.4 Å². The molecular formula is C16H24N2O. The molecule has 104 valence electrons. The molecule has 0 aliphatic rings. The summed E-state index contributed by atoms with van der Waals surface area (Å²) < 4.78 is 0. The van der Waals surface area contributed by atoms with Gasteiger partial charge in [-0.1, -0.05) is 33.8 Å². The summed E-state index contributed by atoms with van der Waals surface area (Å²) in [5.41, 5.74) is 2.41. The highest BCUT2D eigenvalue weighted by molar-refractivity contribution is 5.60. The monoisotopic (exact) mass is 260 g/mol. The van der Waals surface area contributed by atoms with Crippen LogP contribution in [0.4, 0.5) is 5.69 Å². The second kappa shape index (κ2) is 7.16. The Kier molecular flexibility index (Phi) is 5.85. The van der Waals surface area contributed by atoms with Gasteiger partial charge in [-0.05, 0) is 29.5 Å². The van der Waals surface area contributed by atoms with E-state index in [0.717, 1.165) is 24.3 Å². The Morgan fingerprint density at radius 1 is 1.16 bits per heavy atom. The van der Waals surface area contributed by atoms with Crippen molar-refractivity contribution in [1.29, 1.82) is 5.26 Å². The maximum atomic E-state index is 9.30. The molecule has 1 aromatic carbocycles. The van der Waals surface area contributed by atoms with Crippen LogP contribution in [0.5, 0.6) is 0 Å². The summed E-state index contributed by atoms with van der Waals surface area (Å²) in [4.78, 5) is 2.27. The van der Waals surface area contributed by atoms with Crippen molar-refractivity contribution in [3.8, 4) is 6.07 Å². The number of nitriles is 1. The van der Waals surface area contributed by atoms with Crippen molar-refractivity contribution in [2.45, 2.75) is 34.3 Å². The molecule has 0 unspecified atom stereocenters. The fourth-order valence-electron chi connectivity index (χ4n) is 2.20. The summed E-state index contributed by atoms with van der Waals surface area (Å²) >= 11 is 0. The minimum absolute atomic E-state index is 0.0245. The molecule has 0 spiro atoms. The van der Waals surface area contributed by atoms with Gasteiger partial charge in [-0.15, -0.1) is 0 Å². The van der Waals surface area contributed by atoms with Crippen LogP contribution in [-0.2, 0) is 6.61 Å². The Bertz CT molecular complexity index is 437. The molecule has 0 bridgehead atoms. The first kappa shape index (κ1) is 15.5. The highest BCUT2D eigenvalue weighted by atomic mass is 16.3. The Hall–Kier alpha value is -1.53. The minimum atomic E-state index is -0.0245. The second-order valence-corrected chi connectivity index (χ2v) is 5.81. The zero-order valence-electron chi connectivity index (χ0n) is 12.3. The van der Waals surface area contributed by atoms with Gasteiger partial charge in [0.25, 0.3) is 0 Å². The minimum Gasteiger partial charge on any atom is -0.392 e. The number of hydrogen-bond acceptors (Lipinski definition) is 3. The number of rotatable bonds is 6. The van der Waals surface area contributed by atoms with Crippen LogP contribution in [0.15, 0.2) is 18.2 Å². The van der Waals surface area contributed by atoms with Gasteiger partial charge in [0.15, 0.2) is 0 Å². The van der Waals surface area contributed by atoms with Gasteiger partial charge in [0.05, 0.1) is 17.9 Å². The van der Waals surface area contributed by atoms with Crippen LogP contribution in [0, 0.1) is 23.2 Å². The molecule has 0 aliphatic heterocycles. The molecule has 0 heterocycles. The molecule has 3 heteroatoms. The van der Waals surface area contributed by atoms with Crippen LogP contribution in [0.3, 0.4) is 0 Å². The van der Waals surface area contributed by atoms with Gasteiger partial charge < -0.3 is 10.0 Å². The van der Waals surface area contributed by atoms with E-state index in [4.69, 9.17) is 5.11 Å². The molecule has 0 amide bonds. The Morgan fingerprint density at radius 2 is 1.74 bits per heavy atom. The third kappa shape index (κ3) is 4.57. The lowest BCUT2D eigenvalue weighted by atomic mass is 10.1. The molecule has 0 saturated heterocycles. The summed E-state index contributed by atoms with van der Waals surface area (Å²) in [5, 5.41) is 18.5. The Balaban J connectivity index is 3.10. The van der Waals surface area contributed by atoms with E-state index < -0.39 is 0 Å². The number of nitrogens with zero attached hydrogens (tertiary/aromatic N) is 2. The third-order valence-electron chi connectivity index (χ3n) is 2.88. The van der Waals surface area contributed by atoms with E-state index in [9.17, 15) is 5.26 Å². The maximum absolute atomic E-state index is 9.30. The predicted octanol–water partition coefficient (Wildman–Crippen LogP) is 3.17. The van der Waals surface area contributed by atoms with Crippen LogP contribution in [0.25, 0.3) is 0 Å². The summed E-state index contributed by atoms with van der Waals surface area (Å²) in [7, 11) is 0. The van der Waals surface area contributed by atoms with Crippen molar-refractivity contribution in [2.75, 3.05) is 18.0 Å². The fraction of sp³-hybridized carbons (Fsp3) is 0.562. The molecule has 0 fully saturated rings. The average molecular weight is 260 g/mol. The van der Waals surface area contributed by atoms with Gasteiger partial charge >= 0.3 is 0 Å².